The molecule has 1 N–H and O–H groups in total. The molecule has 2 heterocycles. The topological polar surface area (TPSA) is 68.5 Å². The van der Waals surface area contributed by atoms with Gasteiger partial charge in [-0.2, -0.15) is 0 Å². The van der Waals surface area contributed by atoms with Crippen LogP contribution in [0, 0.1) is 6.92 Å². The van der Waals surface area contributed by atoms with E-state index in [0.29, 0.717) is 5.95 Å². The SMILES string of the molecule is CNc1nc(C)cc(-c2cnnn2-c2ccccc2)n1. The van der Waals surface area contributed by atoms with E-state index in [1.165, 1.54) is 0 Å². The summed E-state index contributed by atoms with van der Waals surface area (Å²) in [5.74, 6) is 0.584. The normalized spacial score (nSPS) is 10.5. The van der Waals surface area contributed by atoms with Crippen LogP contribution in [0.3, 0.4) is 0 Å². The second-order valence-electron chi connectivity index (χ2n) is 4.33. The van der Waals surface area contributed by atoms with Gasteiger partial charge in [-0.3, -0.25) is 0 Å². The van der Waals surface area contributed by atoms with E-state index in [2.05, 4.69) is 25.6 Å². The number of rotatable bonds is 3. The Morgan fingerprint density at radius 2 is 1.90 bits per heavy atom. The second kappa shape index (κ2) is 5.08. The van der Waals surface area contributed by atoms with Gasteiger partial charge in [0.15, 0.2) is 0 Å². The molecule has 6 nitrogen and oxygen atoms in total. The second-order valence-corrected chi connectivity index (χ2v) is 4.33. The lowest BCUT2D eigenvalue weighted by atomic mass is 10.2. The average Bonchev–Trinajstić information content (AvgIpc) is 2.97. The van der Waals surface area contributed by atoms with Crippen LogP contribution in [0.2, 0.25) is 0 Å². The first-order valence-corrected chi connectivity index (χ1v) is 6.28. The molecule has 20 heavy (non-hydrogen) atoms. The number of hydrogen-bond donors (Lipinski definition) is 1. The molecule has 0 atom stereocenters. The Kier molecular flexibility index (Phi) is 3.12. The van der Waals surface area contributed by atoms with Crippen LogP contribution >= 0.6 is 0 Å². The molecule has 0 radical (unpaired) electrons. The van der Waals surface area contributed by atoms with Gasteiger partial charge in [0.25, 0.3) is 0 Å². The van der Waals surface area contributed by atoms with E-state index in [9.17, 15) is 0 Å². The molecular formula is C14H14N6. The fourth-order valence-electron chi connectivity index (χ4n) is 1.98. The van der Waals surface area contributed by atoms with Crippen LogP contribution in [0.4, 0.5) is 5.95 Å². The Morgan fingerprint density at radius 3 is 2.65 bits per heavy atom. The first-order valence-electron chi connectivity index (χ1n) is 6.28. The van der Waals surface area contributed by atoms with E-state index in [-0.39, 0.29) is 0 Å². The summed E-state index contributed by atoms with van der Waals surface area (Å²) in [5.41, 5.74) is 3.45. The highest BCUT2D eigenvalue weighted by molar-refractivity contribution is 5.58. The predicted octanol–water partition coefficient (Wildman–Crippen LogP) is 2.07. The molecule has 1 aromatic carbocycles. The number of aromatic nitrogens is 5. The third-order valence-corrected chi connectivity index (χ3v) is 2.89. The standard InChI is InChI=1S/C14H14N6/c1-10-8-12(18-14(15-2)17-10)13-9-16-19-20(13)11-6-4-3-5-7-11/h3-9H,1-2H3,(H,15,17,18). The van der Waals surface area contributed by atoms with Crippen LogP contribution in [0.5, 0.6) is 0 Å². The van der Waals surface area contributed by atoms with Crippen LogP contribution in [0.1, 0.15) is 5.69 Å². The lowest BCUT2D eigenvalue weighted by molar-refractivity contribution is 0.806. The van der Waals surface area contributed by atoms with Gasteiger partial charge in [-0.25, -0.2) is 14.6 Å². The van der Waals surface area contributed by atoms with E-state index < -0.39 is 0 Å². The van der Waals surface area contributed by atoms with Gasteiger partial charge in [0, 0.05) is 12.7 Å². The Hall–Kier alpha value is -2.76. The van der Waals surface area contributed by atoms with E-state index in [1.807, 2.05) is 43.3 Å². The number of para-hydroxylation sites is 1. The molecule has 0 spiro atoms. The first kappa shape index (κ1) is 12.3. The molecule has 0 unspecified atom stereocenters. The Bertz CT molecular complexity index is 720. The molecule has 2 aromatic heterocycles. The molecule has 0 aliphatic carbocycles. The minimum absolute atomic E-state index is 0.584. The zero-order chi connectivity index (χ0) is 13.9. The summed E-state index contributed by atoms with van der Waals surface area (Å²) in [5, 5.41) is 11.1. The fraction of sp³-hybridized carbons (Fsp3) is 0.143. The van der Waals surface area contributed by atoms with Crippen molar-refractivity contribution in [2.24, 2.45) is 0 Å². The molecule has 0 bridgehead atoms. The minimum Gasteiger partial charge on any atom is -0.357 e. The maximum Gasteiger partial charge on any atom is 0.223 e. The molecular weight excluding hydrogens is 252 g/mol. The monoisotopic (exact) mass is 266 g/mol. The van der Waals surface area contributed by atoms with Crippen molar-refractivity contribution in [2.75, 3.05) is 12.4 Å². The fourth-order valence-corrected chi connectivity index (χ4v) is 1.98. The molecule has 0 aliphatic rings. The summed E-state index contributed by atoms with van der Waals surface area (Å²) in [7, 11) is 1.80. The van der Waals surface area contributed by atoms with Crippen molar-refractivity contribution < 1.29 is 0 Å². The smallest absolute Gasteiger partial charge is 0.223 e. The number of hydrogen-bond acceptors (Lipinski definition) is 5. The largest absolute Gasteiger partial charge is 0.357 e. The zero-order valence-electron chi connectivity index (χ0n) is 11.3. The van der Waals surface area contributed by atoms with Gasteiger partial charge < -0.3 is 5.32 Å². The number of anilines is 1. The average molecular weight is 266 g/mol. The molecule has 0 amide bonds. The molecule has 0 aliphatic heterocycles. The molecule has 3 rings (SSSR count). The van der Waals surface area contributed by atoms with Crippen LogP contribution < -0.4 is 5.32 Å². The summed E-state index contributed by atoms with van der Waals surface area (Å²) in [6.45, 7) is 1.93. The van der Waals surface area contributed by atoms with Crippen LogP contribution in [-0.2, 0) is 0 Å². The van der Waals surface area contributed by atoms with E-state index in [0.717, 1.165) is 22.8 Å². The van der Waals surface area contributed by atoms with Crippen molar-refractivity contribution in [3.8, 4) is 17.1 Å². The number of aryl methyl sites for hydroxylation is 1. The molecule has 0 saturated heterocycles. The number of nitrogens with zero attached hydrogens (tertiary/aromatic N) is 5. The third kappa shape index (κ3) is 2.23. The molecule has 6 heteroatoms. The first-order chi connectivity index (χ1) is 9.78. The summed E-state index contributed by atoms with van der Waals surface area (Å²) >= 11 is 0. The Balaban J connectivity index is 2.13. The summed E-state index contributed by atoms with van der Waals surface area (Å²) in [6.07, 6.45) is 1.70. The van der Waals surface area contributed by atoms with Crippen molar-refractivity contribution in [3.05, 3.63) is 48.3 Å². The highest BCUT2D eigenvalue weighted by Crippen LogP contribution is 2.21. The molecule has 3 aromatic rings. The van der Waals surface area contributed by atoms with Gasteiger partial charge in [0.05, 0.1) is 17.6 Å². The number of nitrogens with one attached hydrogen (secondary N) is 1. The van der Waals surface area contributed by atoms with Gasteiger partial charge >= 0.3 is 0 Å². The summed E-state index contributed by atoms with van der Waals surface area (Å²) < 4.78 is 1.77. The van der Waals surface area contributed by atoms with Gasteiger partial charge in [0.1, 0.15) is 5.69 Å². The minimum atomic E-state index is 0.584. The Morgan fingerprint density at radius 1 is 1.10 bits per heavy atom. The van der Waals surface area contributed by atoms with Crippen molar-refractivity contribution >= 4 is 5.95 Å². The van der Waals surface area contributed by atoms with Crippen molar-refractivity contribution in [1.29, 1.82) is 0 Å². The van der Waals surface area contributed by atoms with Crippen LogP contribution in [-0.4, -0.2) is 32.0 Å². The highest BCUT2D eigenvalue weighted by atomic mass is 15.4. The Labute approximate surface area is 116 Å². The maximum absolute atomic E-state index is 4.46. The van der Waals surface area contributed by atoms with Crippen molar-refractivity contribution in [2.45, 2.75) is 6.92 Å². The molecule has 100 valence electrons. The number of benzene rings is 1. The van der Waals surface area contributed by atoms with Crippen LogP contribution in [0.15, 0.2) is 42.6 Å². The molecule has 0 fully saturated rings. The summed E-state index contributed by atoms with van der Waals surface area (Å²) in [4.78, 5) is 8.75. The van der Waals surface area contributed by atoms with E-state index in [1.54, 1.807) is 17.9 Å². The van der Waals surface area contributed by atoms with Gasteiger partial charge in [-0.05, 0) is 25.1 Å². The molecule has 0 saturated carbocycles. The highest BCUT2D eigenvalue weighted by Gasteiger charge is 2.11. The van der Waals surface area contributed by atoms with Gasteiger partial charge in [-0.15, -0.1) is 5.10 Å². The van der Waals surface area contributed by atoms with Gasteiger partial charge in [0.2, 0.25) is 5.95 Å². The van der Waals surface area contributed by atoms with Crippen LogP contribution in [0.25, 0.3) is 17.1 Å². The lowest BCUT2D eigenvalue weighted by Gasteiger charge is -2.07. The maximum atomic E-state index is 4.46. The van der Waals surface area contributed by atoms with Crippen molar-refractivity contribution in [1.82, 2.24) is 25.0 Å². The predicted molar refractivity (Wildman–Crippen MR) is 76.7 cm³/mol. The third-order valence-electron chi connectivity index (χ3n) is 2.89. The van der Waals surface area contributed by atoms with E-state index >= 15 is 0 Å². The quantitative estimate of drug-likeness (QED) is 0.786. The van der Waals surface area contributed by atoms with Crippen molar-refractivity contribution in [3.63, 3.8) is 0 Å². The van der Waals surface area contributed by atoms with Gasteiger partial charge in [-0.1, -0.05) is 23.4 Å². The van der Waals surface area contributed by atoms with E-state index in [4.69, 9.17) is 0 Å². The lowest BCUT2D eigenvalue weighted by Crippen LogP contribution is -2.03. The summed E-state index contributed by atoms with van der Waals surface area (Å²) in [6, 6.07) is 11.8. The zero-order valence-corrected chi connectivity index (χ0v) is 11.3.